The van der Waals surface area contributed by atoms with Crippen LogP contribution in [0.2, 0.25) is 0 Å². The van der Waals surface area contributed by atoms with E-state index < -0.39 is 11.9 Å². The van der Waals surface area contributed by atoms with Crippen molar-refractivity contribution >= 4 is 34.8 Å². The monoisotopic (exact) mass is 476 g/mol. The van der Waals surface area contributed by atoms with Crippen molar-refractivity contribution < 1.29 is 17.6 Å². The van der Waals surface area contributed by atoms with Gasteiger partial charge in [-0.3, -0.25) is 0 Å². The zero-order valence-electron chi connectivity index (χ0n) is 17.9. The number of rotatable bonds is 5. The average molecular weight is 477 g/mol. The summed E-state index contributed by atoms with van der Waals surface area (Å²) in [7, 11) is 0. The quantitative estimate of drug-likeness (QED) is 0.531. The molecule has 33 heavy (non-hydrogen) atoms. The van der Waals surface area contributed by atoms with Gasteiger partial charge in [-0.25, -0.2) is 4.98 Å². The minimum Gasteiger partial charge on any atom is -0.465 e. The van der Waals surface area contributed by atoms with Crippen molar-refractivity contribution in [1.29, 1.82) is 0 Å². The molecule has 1 fully saturated rings. The molecule has 0 bridgehead atoms. The Hall–Kier alpha value is -3.34. The number of nitrogens with one attached hydrogen (secondary N) is 2. The molecular weight excluding hydrogens is 453 g/mol. The zero-order chi connectivity index (χ0) is 23.4. The highest BCUT2D eigenvalue weighted by Crippen LogP contribution is 2.31. The van der Waals surface area contributed by atoms with E-state index in [1.807, 2.05) is 48.2 Å². The molecular formula is C22H23F3N6OS. The number of anilines is 3. The van der Waals surface area contributed by atoms with Crippen LogP contribution in [0.15, 0.2) is 52.9 Å². The highest BCUT2D eigenvalue weighted by atomic mass is 32.1. The van der Waals surface area contributed by atoms with Crippen LogP contribution in [0.1, 0.15) is 17.2 Å². The standard InChI is InChI=1S/C22H23F3N6OS/c1-15-7-8-17(32-15)14-26-21(33)29-20-27-18(22(23,24)25)13-19(28-20)31-11-9-30(10-12-31)16-5-3-2-4-6-16/h2-8,13H,9-12,14H2,1H3,(H2,26,27,28,29,33). The van der Waals surface area contributed by atoms with Crippen LogP contribution in [-0.2, 0) is 12.7 Å². The highest BCUT2D eigenvalue weighted by Gasteiger charge is 2.34. The van der Waals surface area contributed by atoms with Crippen molar-refractivity contribution in [1.82, 2.24) is 15.3 Å². The molecule has 11 heteroatoms. The van der Waals surface area contributed by atoms with E-state index in [9.17, 15) is 13.2 Å². The second-order valence-corrected chi connectivity index (χ2v) is 7.97. The average Bonchev–Trinajstić information content (AvgIpc) is 3.23. The first-order valence-electron chi connectivity index (χ1n) is 10.4. The zero-order valence-corrected chi connectivity index (χ0v) is 18.7. The lowest BCUT2D eigenvalue weighted by Crippen LogP contribution is -2.47. The summed E-state index contributed by atoms with van der Waals surface area (Å²) in [5.74, 6) is 1.40. The maximum Gasteiger partial charge on any atom is 0.433 e. The number of furan rings is 1. The van der Waals surface area contributed by atoms with Gasteiger partial charge in [0.1, 0.15) is 17.3 Å². The SMILES string of the molecule is Cc1ccc(CNC(=S)Nc2nc(N3CCN(c4ccccc4)CC3)cc(C(F)(F)F)n2)o1. The van der Waals surface area contributed by atoms with Crippen molar-refractivity contribution in [3.63, 3.8) is 0 Å². The molecule has 1 aliphatic rings. The summed E-state index contributed by atoms with van der Waals surface area (Å²) in [5.41, 5.74) is 0.0614. The first-order valence-corrected chi connectivity index (χ1v) is 10.8. The fourth-order valence-electron chi connectivity index (χ4n) is 3.52. The number of aromatic nitrogens is 2. The Morgan fingerprint density at radius 1 is 1.03 bits per heavy atom. The number of nitrogens with zero attached hydrogens (tertiary/aromatic N) is 4. The van der Waals surface area contributed by atoms with E-state index in [2.05, 4.69) is 25.5 Å². The molecule has 1 saturated heterocycles. The summed E-state index contributed by atoms with van der Waals surface area (Å²) in [5, 5.41) is 5.65. The van der Waals surface area contributed by atoms with Gasteiger partial charge in [0.15, 0.2) is 10.8 Å². The minimum absolute atomic E-state index is 0.100. The van der Waals surface area contributed by atoms with Crippen LogP contribution in [0.5, 0.6) is 0 Å². The predicted octanol–water partition coefficient (Wildman–Crippen LogP) is 4.21. The number of para-hydroxylation sites is 1. The fraction of sp³-hybridized carbons (Fsp3) is 0.318. The first kappa shape index (κ1) is 22.8. The molecule has 7 nitrogen and oxygen atoms in total. The Kier molecular flexibility index (Phi) is 6.68. The topological polar surface area (TPSA) is 69.5 Å². The fourth-order valence-corrected chi connectivity index (χ4v) is 3.69. The minimum atomic E-state index is -4.61. The predicted molar refractivity (Wildman–Crippen MR) is 124 cm³/mol. The molecule has 0 atom stereocenters. The Morgan fingerprint density at radius 3 is 2.36 bits per heavy atom. The number of hydrogen-bond acceptors (Lipinski definition) is 6. The number of thiocarbonyl (C=S) groups is 1. The smallest absolute Gasteiger partial charge is 0.433 e. The van der Waals surface area contributed by atoms with Crippen LogP contribution >= 0.6 is 12.2 Å². The second-order valence-electron chi connectivity index (χ2n) is 7.56. The van der Waals surface area contributed by atoms with E-state index in [1.165, 1.54) is 0 Å². The van der Waals surface area contributed by atoms with Crippen LogP contribution < -0.4 is 20.4 Å². The molecule has 0 amide bonds. The first-order chi connectivity index (χ1) is 15.8. The van der Waals surface area contributed by atoms with Gasteiger partial charge in [-0.2, -0.15) is 18.2 Å². The van der Waals surface area contributed by atoms with Crippen molar-refractivity contribution in [3.05, 3.63) is 65.7 Å². The van der Waals surface area contributed by atoms with Gasteiger partial charge >= 0.3 is 6.18 Å². The number of benzene rings is 1. The molecule has 3 heterocycles. The third-order valence-electron chi connectivity index (χ3n) is 5.17. The van der Waals surface area contributed by atoms with E-state index >= 15 is 0 Å². The molecule has 174 valence electrons. The van der Waals surface area contributed by atoms with Crippen molar-refractivity contribution in [2.24, 2.45) is 0 Å². The Bertz CT molecular complexity index is 1100. The van der Waals surface area contributed by atoms with Gasteiger partial charge in [-0.1, -0.05) is 18.2 Å². The summed E-state index contributed by atoms with van der Waals surface area (Å²) in [6, 6.07) is 14.5. The van der Waals surface area contributed by atoms with Crippen molar-refractivity contribution in [2.45, 2.75) is 19.6 Å². The van der Waals surface area contributed by atoms with Gasteiger partial charge in [0.05, 0.1) is 6.54 Å². The summed E-state index contributed by atoms with van der Waals surface area (Å²) < 4.78 is 46.0. The van der Waals surface area contributed by atoms with E-state index in [-0.39, 0.29) is 23.4 Å². The summed E-state index contributed by atoms with van der Waals surface area (Å²) in [6.45, 7) is 4.50. The van der Waals surface area contributed by atoms with Gasteiger partial charge in [0.25, 0.3) is 0 Å². The van der Waals surface area contributed by atoms with E-state index in [0.29, 0.717) is 31.9 Å². The van der Waals surface area contributed by atoms with Crippen LogP contribution in [0.25, 0.3) is 0 Å². The van der Waals surface area contributed by atoms with Crippen LogP contribution in [0.3, 0.4) is 0 Å². The van der Waals surface area contributed by atoms with Crippen LogP contribution in [0, 0.1) is 6.92 Å². The van der Waals surface area contributed by atoms with Crippen LogP contribution in [0.4, 0.5) is 30.6 Å². The van der Waals surface area contributed by atoms with Crippen LogP contribution in [-0.4, -0.2) is 41.3 Å². The lowest BCUT2D eigenvalue weighted by Gasteiger charge is -2.37. The molecule has 2 N–H and O–H groups in total. The molecule has 1 aliphatic heterocycles. The van der Waals surface area contributed by atoms with Gasteiger partial charge in [-0.15, -0.1) is 0 Å². The third-order valence-corrected chi connectivity index (χ3v) is 5.42. The Morgan fingerprint density at radius 2 is 1.73 bits per heavy atom. The summed E-state index contributed by atoms with van der Waals surface area (Å²) >= 11 is 5.20. The number of aryl methyl sites for hydroxylation is 1. The summed E-state index contributed by atoms with van der Waals surface area (Å²) in [6.07, 6.45) is -4.61. The number of alkyl halides is 3. The Balaban J connectivity index is 1.45. The van der Waals surface area contributed by atoms with E-state index in [4.69, 9.17) is 16.6 Å². The maximum absolute atomic E-state index is 13.5. The van der Waals surface area contributed by atoms with E-state index in [1.54, 1.807) is 6.07 Å². The van der Waals surface area contributed by atoms with Crippen molar-refractivity contribution in [2.75, 3.05) is 41.3 Å². The number of hydrogen-bond donors (Lipinski definition) is 2. The lowest BCUT2D eigenvalue weighted by atomic mass is 10.2. The van der Waals surface area contributed by atoms with Gasteiger partial charge in [0, 0.05) is 37.9 Å². The highest BCUT2D eigenvalue weighted by molar-refractivity contribution is 7.80. The molecule has 0 spiro atoms. The van der Waals surface area contributed by atoms with Gasteiger partial charge in [-0.05, 0) is 43.4 Å². The number of piperazine rings is 1. The molecule has 3 aromatic rings. The molecule has 0 aliphatic carbocycles. The molecule has 0 unspecified atom stereocenters. The third kappa shape index (κ3) is 5.92. The summed E-state index contributed by atoms with van der Waals surface area (Å²) in [4.78, 5) is 11.9. The largest absolute Gasteiger partial charge is 0.465 e. The van der Waals surface area contributed by atoms with Crippen molar-refractivity contribution in [3.8, 4) is 0 Å². The molecule has 0 radical (unpaired) electrons. The van der Waals surface area contributed by atoms with E-state index in [0.717, 1.165) is 17.5 Å². The number of halogens is 3. The van der Waals surface area contributed by atoms with Gasteiger partial charge in [0.2, 0.25) is 5.95 Å². The molecule has 4 rings (SSSR count). The molecule has 1 aromatic carbocycles. The van der Waals surface area contributed by atoms with Gasteiger partial charge < -0.3 is 24.9 Å². The molecule has 0 saturated carbocycles. The second kappa shape index (κ2) is 9.65. The Labute approximate surface area is 194 Å². The maximum atomic E-state index is 13.5. The lowest BCUT2D eigenvalue weighted by molar-refractivity contribution is -0.141. The normalized spacial score (nSPS) is 14.3. The molecule has 2 aromatic heterocycles.